The largest absolute Gasteiger partial charge is 0.389 e. The Morgan fingerprint density at radius 3 is 2.24 bits per heavy atom. The first-order valence-corrected chi connectivity index (χ1v) is 5.61. The third kappa shape index (κ3) is 11.5. The van der Waals surface area contributed by atoms with E-state index < -0.39 is 18.1 Å². The summed E-state index contributed by atoms with van der Waals surface area (Å²) in [7, 11) is 0. The number of rotatable bonds is 8. The molecular formula is C11H19F3N2O. The van der Waals surface area contributed by atoms with Crippen LogP contribution in [-0.2, 0) is 4.74 Å². The first kappa shape index (κ1) is 16.2. The maximum absolute atomic E-state index is 11.8. The lowest BCUT2D eigenvalue weighted by atomic mass is 9.98. The molecule has 0 aliphatic carbocycles. The molecule has 1 atom stereocenters. The second-order valence-corrected chi connectivity index (χ2v) is 4.32. The molecular weight excluding hydrogens is 233 g/mol. The molecule has 100 valence electrons. The van der Waals surface area contributed by atoms with Crippen molar-refractivity contribution in [3.8, 4) is 6.07 Å². The highest BCUT2D eigenvalue weighted by Gasteiger charge is 2.25. The summed E-state index contributed by atoms with van der Waals surface area (Å²) in [6, 6.07) is 1.98. The minimum Gasteiger partial charge on any atom is -0.381 e. The molecule has 0 spiro atoms. The molecule has 0 radical (unpaired) electrons. The van der Waals surface area contributed by atoms with Crippen molar-refractivity contribution >= 4 is 0 Å². The molecule has 0 aliphatic heterocycles. The highest BCUT2D eigenvalue weighted by Crippen LogP contribution is 2.21. The standard InChI is InChI=1S/C11H19F3N2O/c1-10(16,9-15)5-2-3-7-17-8-4-6-11(12,13)14/h2-8,16H2,1H3. The zero-order valence-electron chi connectivity index (χ0n) is 10.0. The van der Waals surface area contributed by atoms with E-state index in [0.29, 0.717) is 19.4 Å². The first-order valence-electron chi connectivity index (χ1n) is 5.61. The van der Waals surface area contributed by atoms with Gasteiger partial charge in [-0.1, -0.05) is 0 Å². The van der Waals surface area contributed by atoms with E-state index in [-0.39, 0.29) is 13.0 Å². The van der Waals surface area contributed by atoms with Gasteiger partial charge in [0, 0.05) is 19.6 Å². The normalized spacial score (nSPS) is 15.3. The number of ether oxygens (including phenoxy) is 1. The summed E-state index contributed by atoms with van der Waals surface area (Å²) in [5.74, 6) is 0. The number of nitrogens with zero attached hydrogens (tertiary/aromatic N) is 1. The molecule has 0 bridgehead atoms. The van der Waals surface area contributed by atoms with Crippen LogP contribution in [0.2, 0.25) is 0 Å². The van der Waals surface area contributed by atoms with Crippen LogP contribution in [0.5, 0.6) is 0 Å². The average Bonchev–Trinajstić information content (AvgIpc) is 2.20. The van der Waals surface area contributed by atoms with Gasteiger partial charge in [-0.2, -0.15) is 18.4 Å². The van der Waals surface area contributed by atoms with Crippen molar-refractivity contribution in [2.45, 2.75) is 50.7 Å². The summed E-state index contributed by atoms with van der Waals surface area (Å²) in [4.78, 5) is 0. The SMILES string of the molecule is CC(N)(C#N)CCCCOCCCC(F)(F)F. The van der Waals surface area contributed by atoms with E-state index in [0.717, 1.165) is 6.42 Å². The predicted molar refractivity (Wildman–Crippen MR) is 58.2 cm³/mol. The van der Waals surface area contributed by atoms with Gasteiger partial charge in [0.15, 0.2) is 0 Å². The smallest absolute Gasteiger partial charge is 0.381 e. The lowest BCUT2D eigenvalue weighted by molar-refractivity contribution is -0.137. The molecule has 0 fully saturated rings. The summed E-state index contributed by atoms with van der Waals surface area (Å²) in [6.07, 6.45) is -2.90. The van der Waals surface area contributed by atoms with Gasteiger partial charge in [-0.25, -0.2) is 0 Å². The van der Waals surface area contributed by atoms with E-state index in [4.69, 9.17) is 15.7 Å². The Morgan fingerprint density at radius 2 is 1.71 bits per heavy atom. The monoisotopic (exact) mass is 252 g/mol. The van der Waals surface area contributed by atoms with Crippen LogP contribution in [0, 0.1) is 11.3 Å². The van der Waals surface area contributed by atoms with E-state index in [2.05, 4.69) is 0 Å². The van der Waals surface area contributed by atoms with Crippen molar-refractivity contribution in [1.29, 1.82) is 5.26 Å². The van der Waals surface area contributed by atoms with Gasteiger partial charge in [0.1, 0.15) is 5.54 Å². The minimum absolute atomic E-state index is 0.00367. The summed E-state index contributed by atoms with van der Waals surface area (Å²) >= 11 is 0. The third-order valence-corrected chi connectivity index (χ3v) is 2.24. The molecule has 0 aliphatic rings. The van der Waals surface area contributed by atoms with E-state index in [1.807, 2.05) is 6.07 Å². The molecule has 0 aromatic heterocycles. The van der Waals surface area contributed by atoms with Crippen molar-refractivity contribution in [1.82, 2.24) is 0 Å². The molecule has 0 saturated heterocycles. The Kier molecular flexibility index (Phi) is 7.16. The van der Waals surface area contributed by atoms with Gasteiger partial charge in [-0.15, -0.1) is 0 Å². The van der Waals surface area contributed by atoms with E-state index in [1.54, 1.807) is 6.92 Å². The Morgan fingerprint density at radius 1 is 1.12 bits per heavy atom. The van der Waals surface area contributed by atoms with Crippen molar-refractivity contribution in [3.63, 3.8) is 0 Å². The van der Waals surface area contributed by atoms with Gasteiger partial charge in [-0.05, 0) is 32.6 Å². The topological polar surface area (TPSA) is 59.0 Å². The second kappa shape index (κ2) is 7.51. The van der Waals surface area contributed by atoms with Crippen LogP contribution in [0.4, 0.5) is 13.2 Å². The number of hydrogen-bond acceptors (Lipinski definition) is 3. The zero-order valence-corrected chi connectivity index (χ0v) is 10.0. The average molecular weight is 252 g/mol. The zero-order chi connectivity index (χ0) is 13.4. The lowest BCUT2D eigenvalue weighted by Gasteiger charge is -2.14. The van der Waals surface area contributed by atoms with Crippen molar-refractivity contribution in [2.24, 2.45) is 5.73 Å². The quantitative estimate of drug-likeness (QED) is 0.676. The Labute approximate surface area is 99.7 Å². The summed E-state index contributed by atoms with van der Waals surface area (Å²) in [5, 5.41) is 8.63. The van der Waals surface area contributed by atoms with Crippen molar-refractivity contribution < 1.29 is 17.9 Å². The van der Waals surface area contributed by atoms with Crippen LogP contribution in [0.25, 0.3) is 0 Å². The van der Waals surface area contributed by atoms with E-state index in [1.165, 1.54) is 0 Å². The molecule has 3 nitrogen and oxygen atoms in total. The maximum Gasteiger partial charge on any atom is 0.389 e. The Balaban J connectivity index is 3.29. The number of hydrogen-bond donors (Lipinski definition) is 1. The lowest BCUT2D eigenvalue weighted by Crippen LogP contribution is -2.33. The number of nitrogens with two attached hydrogens (primary N) is 1. The third-order valence-electron chi connectivity index (χ3n) is 2.24. The predicted octanol–water partition coefficient (Wildman–Crippen LogP) is 2.76. The van der Waals surface area contributed by atoms with Crippen LogP contribution >= 0.6 is 0 Å². The molecule has 1 unspecified atom stereocenters. The van der Waals surface area contributed by atoms with Crippen LogP contribution in [-0.4, -0.2) is 24.9 Å². The van der Waals surface area contributed by atoms with Gasteiger partial charge in [0.25, 0.3) is 0 Å². The van der Waals surface area contributed by atoms with Gasteiger partial charge in [0.2, 0.25) is 0 Å². The summed E-state index contributed by atoms with van der Waals surface area (Å²) in [6.45, 7) is 2.19. The summed E-state index contributed by atoms with van der Waals surface area (Å²) < 4.78 is 40.3. The molecule has 0 amide bonds. The fraction of sp³-hybridized carbons (Fsp3) is 0.909. The molecule has 0 aromatic rings. The van der Waals surface area contributed by atoms with E-state index in [9.17, 15) is 13.2 Å². The first-order chi connectivity index (χ1) is 7.77. The highest BCUT2D eigenvalue weighted by molar-refractivity contribution is 5.00. The molecule has 2 N–H and O–H groups in total. The molecule has 17 heavy (non-hydrogen) atoms. The number of nitriles is 1. The van der Waals surface area contributed by atoms with Crippen molar-refractivity contribution in [2.75, 3.05) is 13.2 Å². The van der Waals surface area contributed by atoms with E-state index >= 15 is 0 Å². The minimum atomic E-state index is -4.10. The summed E-state index contributed by atoms with van der Waals surface area (Å²) in [5.41, 5.74) is 4.78. The Bertz CT molecular complexity index is 246. The van der Waals surface area contributed by atoms with Gasteiger partial charge < -0.3 is 10.5 Å². The van der Waals surface area contributed by atoms with Gasteiger partial charge in [-0.3, -0.25) is 0 Å². The van der Waals surface area contributed by atoms with Crippen LogP contribution in [0.1, 0.15) is 39.0 Å². The second-order valence-electron chi connectivity index (χ2n) is 4.32. The maximum atomic E-state index is 11.8. The number of unbranched alkanes of at least 4 members (excludes halogenated alkanes) is 1. The fourth-order valence-electron chi connectivity index (χ4n) is 1.23. The Hall–Kier alpha value is -0.800. The number of alkyl halides is 3. The van der Waals surface area contributed by atoms with Crippen molar-refractivity contribution in [3.05, 3.63) is 0 Å². The van der Waals surface area contributed by atoms with Crippen LogP contribution < -0.4 is 5.73 Å². The number of halogens is 3. The molecule has 0 aromatic carbocycles. The fourth-order valence-corrected chi connectivity index (χ4v) is 1.23. The van der Waals surface area contributed by atoms with Crippen LogP contribution in [0.15, 0.2) is 0 Å². The molecule has 0 rings (SSSR count). The van der Waals surface area contributed by atoms with Crippen LogP contribution in [0.3, 0.4) is 0 Å². The molecule has 0 heterocycles. The highest BCUT2D eigenvalue weighted by atomic mass is 19.4. The van der Waals surface area contributed by atoms with Gasteiger partial charge >= 0.3 is 6.18 Å². The van der Waals surface area contributed by atoms with Gasteiger partial charge in [0.05, 0.1) is 6.07 Å². The molecule has 6 heteroatoms. The molecule has 0 saturated carbocycles.